The second-order valence-corrected chi connectivity index (χ2v) is 4.77. The summed E-state index contributed by atoms with van der Waals surface area (Å²) in [7, 11) is 0. The molecular formula is C14H19N3. The van der Waals surface area contributed by atoms with Crippen LogP contribution in [0, 0.1) is 0 Å². The van der Waals surface area contributed by atoms with E-state index in [1.807, 2.05) is 13.0 Å². The van der Waals surface area contributed by atoms with Crippen LogP contribution in [0.1, 0.15) is 44.0 Å². The van der Waals surface area contributed by atoms with Crippen molar-refractivity contribution >= 4 is 0 Å². The first-order chi connectivity index (χ1) is 8.08. The molecule has 1 unspecified atom stereocenters. The van der Waals surface area contributed by atoms with Gasteiger partial charge in [0.25, 0.3) is 0 Å². The number of aromatic nitrogens is 2. The summed E-state index contributed by atoms with van der Waals surface area (Å²) >= 11 is 0. The van der Waals surface area contributed by atoms with Gasteiger partial charge in [0.05, 0.1) is 11.4 Å². The maximum Gasteiger partial charge on any atom is 0.0924 e. The summed E-state index contributed by atoms with van der Waals surface area (Å²) in [6.45, 7) is 6.33. The second kappa shape index (κ2) is 4.72. The van der Waals surface area contributed by atoms with Crippen LogP contribution >= 0.6 is 0 Å². The Morgan fingerprint density at radius 1 is 1.12 bits per heavy atom. The van der Waals surface area contributed by atoms with Gasteiger partial charge >= 0.3 is 0 Å². The number of rotatable bonds is 3. The van der Waals surface area contributed by atoms with E-state index >= 15 is 0 Å². The van der Waals surface area contributed by atoms with Gasteiger partial charge in [-0.3, -0.25) is 5.10 Å². The van der Waals surface area contributed by atoms with Crippen molar-refractivity contribution in [2.24, 2.45) is 5.73 Å². The summed E-state index contributed by atoms with van der Waals surface area (Å²) in [5.74, 6) is 0.558. The van der Waals surface area contributed by atoms with E-state index in [9.17, 15) is 0 Å². The molecule has 0 aliphatic rings. The van der Waals surface area contributed by atoms with Gasteiger partial charge in [0.15, 0.2) is 0 Å². The van der Waals surface area contributed by atoms with Gasteiger partial charge in [0, 0.05) is 11.6 Å². The van der Waals surface area contributed by atoms with Crippen LogP contribution in [-0.2, 0) is 0 Å². The first-order valence-corrected chi connectivity index (χ1v) is 5.99. The standard InChI is InChI=1S/C14H19N3/c1-9(2)11-4-6-12(7-5-11)14-8-13(10(3)15)16-17-14/h4-10H,15H2,1-3H3,(H,16,17). The van der Waals surface area contributed by atoms with Crippen LogP contribution in [0.5, 0.6) is 0 Å². The van der Waals surface area contributed by atoms with Gasteiger partial charge in [0.2, 0.25) is 0 Å². The molecule has 17 heavy (non-hydrogen) atoms. The molecule has 3 heteroatoms. The first-order valence-electron chi connectivity index (χ1n) is 5.99. The van der Waals surface area contributed by atoms with Gasteiger partial charge in [-0.15, -0.1) is 0 Å². The van der Waals surface area contributed by atoms with Gasteiger partial charge in [-0.05, 0) is 24.5 Å². The molecule has 1 aromatic heterocycles. The lowest BCUT2D eigenvalue weighted by atomic mass is 10.0. The van der Waals surface area contributed by atoms with E-state index in [0.717, 1.165) is 17.0 Å². The van der Waals surface area contributed by atoms with Crippen molar-refractivity contribution in [3.63, 3.8) is 0 Å². The monoisotopic (exact) mass is 229 g/mol. The summed E-state index contributed by atoms with van der Waals surface area (Å²) in [5, 5.41) is 7.24. The number of nitrogens with zero attached hydrogens (tertiary/aromatic N) is 1. The topological polar surface area (TPSA) is 54.7 Å². The molecule has 90 valence electrons. The molecule has 1 aromatic carbocycles. The van der Waals surface area contributed by atoms with E-state index in [2.05, 4.69) is 48.3 Å². The van der Waals surface area contributed by atoms with Crippen LogP contribution in [0.3, 0.4) is 0 Å². The third-order valence-corrected chi connectivity index (χ3v) is 2.96. The van der Waals surface area contributed by atoms with Crippen LogP contribution in [0.15, 0.2) is 30.3 Å². The Labute approximate surface area is 102 Å². The van der Waals surface area contributed by atoms with Crippen molar-refractivity contribution in [1.82, 2.24) is 10.2 Å². The molecule has 3 N–H and O–H groups in total. The fraction of sp³-hybridized carbons (Fsp3) is 0.357. The van der Waals surface area contributed by atoms with Gasteiger partial charge in [-0.1, -0.05) is 38.1 Å². The van der Waals surface area contributed by atoms with Crippen molar-refractivity contribution < 1.29 is 0 Å². The molecular weight excluding hydrogens is 210 g/mol. The van der Waals surface area contributed by atoms with Gasteiger partial charge in [-0.25, -0.2) is 0 Å². The van der Waals surface area contributed by atoms with Crippen molar-refractivity contribution in [3.8, 4) is 11.3 Å². The molecule has 0 saturated heterocycles. The number of nitrogens with one attached hydrogen (secondary N) is 1. The Balaban J connectivity index is 2.27. The molecule has 0 aliphatic carbocycles. The molecule has 2 aromatic rings. The van der Waals surface area contributed by atoms with Gasteiger partial charge < -0.3 is 5.73 Å². The molecule has 0 bridgehead atoms. The molecule has 0 aliphatic heterocycles. The summed E-state index contributed by atoms with van der Waals surface area (Å²) in [6, 6.07) is 10.5. The average molecular weight is 229 g/mol. The molecule has 0 saturated carbocycles. The molecule has 0 fully saturated rings. The lowest BCUT2D eigenvalue weighted by molar-refractivity contribution is 0.772. The van der Waals surface area contributed by atoms with Crippen molar-refractivity contribution in [2.75, 3.05) is 0 Å². The molecule has 0 amide bonds. The number of aromatic amines is 1. The van der Waals surface area contributed by atoms with Crippen LogP contribution in [-0.4, -0.2) is 10.2 Å². The van der Waals surface area contributed by atoms with Crippen molar-refractivity contribution in [3.05, 3.63) is 41.6 Å². The zero-order valence-corrected chi connectivity index (χ0v) is 10.6. The summed E-state index contributed by atoms with van der Waals surface area (Å²) < 4.78 is 0. The minimum Gasteiger partial charge on any atom is -0.323 e. The summed E-state index contributed by atoms with van der Waals surface area (Å²) in [6.07, 6.45) is 0. The third-order valence-electron chi connectivity index (χ3n) is 2.96. The molecule has 1 heterocycles. The highest BCUT2D eigenvalue weighted by Gasteiger charge is 2.07. The maximum absolute atomic E-state index is 5.80. The quantitative estimate of drug-likeness (QED) is 0.849. The van der Waals surface area contributed by atoms with E-state index < -0.39 is 0 Å². The van der Waals surface area contributed by atoms with Crippen LogP contribution in [0.4, 0.5) is 0 Å². The predicted molar refractivity (Wildman–Crippen MR) is 70.7 cm³/mol. The van der Waals surface area contributed by atoms with Crippen LogP contribution in [0.2, 0.25) is 0 Å². The fourth-order valence-electron chi connectivity index (χ4n) is 1.76. The zero-order valence-electron chi connectivity index (χ0n) is 10.6. The summed E-state index contributed by atoms with van der Waals surface area (Å²) in [5.41, 5.74) is 10.2. The highest BCUT2D eigenvalue weighted by atomic mass is 15.1. The van der Waals surface area contributed by atoms with Gasteiger partial charge in [0.1, 0.15) is 0 Å². The van der Waals surface area contributed by atoms with Crippen molar-refractivity contribution in [2.45, 2.75) is 32.7 Å². The zero-order chi connectivity index (χ0) is 12.4. The molecule has 0 radical (unpaired) electrons. The molecule has 3 nitrogen and oxygen atoms in total. The lowest BCUT2D eigenvalue weighted by Crippen LogP contribution is -2.04. The Hall–Kier alpha value is -1.61. The van der Waals surface area contributed by atoms with E-state index in [4.69, 9.17) is 5.73 Å². The van der Waals surface area contributed by atoms with E-state index in [1.165, 1.54) is 5.56 Å². The lowest BCUT2D eigenvalue weighted by Gasteiger charge is -2.05. The number of hydrogen-bond acceptors (Lipinski definition) is 2. The van der Waals surface area contributed by atoms with Crippen molar-refractivity contribution in [1.29, 1.82) is 0 Å². The minimum atomic E-state index is -0.00816. The van der Waals surface area contributed by atoms with Crippen LogP contribution in [0.25, 0.3) is 11.3 Å². The SMILES string of the molecule is CC(C)c1ccc(-c2cc(C(C)N)[nH]n2)cc1. The highest BCUT2D eigenvalue weighted by molar-refractivity contribution is 5.59. The molecule has 2 rings (SSSR count). The Bertz CT molecular complexity index is 480. The Kier molecular flexibility index (Phi) is 3.29. The normalized spacial score (nSPS) is 13.0. The fourth-order valence-corrected chi connectivity index (χ4v) is 1.76. The average Bonchev–Trinajstić information content (AvgIpc) is 2.78. The number of benzene rings is 1. The van der Waals surface area contributed by atoms with E-state index in [1.54, 1.807) is 0 Å². The Morgan fingerprint density at radius 2 is 1.76 bits per heavy atom. The molecule has 0 spiro atoms. The smallest absolute Gasteiger partial charge is 0.0924 e. The number of nitrogens with two attached hydrogens (primary N) is 1. The van der Waals surface area contributed by atoms with Crippen LogP contribution < -0.4 is 5.73 Å². The van der Waals surface area contributed by atoms with E-state index in [0.29, 0.717) is 5.92 Å². The third kappa shape index (κ3) is 2.56. The number of hydrogen-bond donors (Lipinski definition) is 2. The second-order valence-electron chi connectivity index (χ2n) is 4.77. The maximum atomic E-state index is 5.80. The predicted octanol–water partition coefficient (Wildman–Crippen LogP) is 3.22. The van der Waals surface area contributed by atoms with E-state index in [-0.39, 0.29) is 6.04 Å². The highest BCUT2D eigenvalue weighted by Crippen LogP contribution is 2.22. The van der Waals surface area contributed by atoms with Gasteiger partial charge in [-0.2, -0.15) is 5.10 Å². The number of H-pyrrole nitrogens is 1. The largest absolute Gasteiger partial charge is 0.323 e. The minimum absolute atomic E-state index is 0.00816. The summed E-state index contributed by atoms with van der Waals surface area (Å²) in [4.78, 5) is 0. The first kappa shape index (κ1) is 11.9. The molecule has 1 atom stereocenters. The Morgan fingerprint density at radius 3 is 2.24 bits per heavy atom.